The van der Waals surface area contributed by atoms with E-state index < -0.39 is 55.2 Å². The zero-order valence-corrected chi connectivity index (χ0v) is 42.2. The Bertz CT molecular complexity index is 2970. The summed E-state index contributed by atoms with van der Waals surface area (Å²) in [6.45, 7) is 10.2. The van der Waals surface area contributed by atoms with Crippen molar-refractivity contribution in [2.75, 3.05) is 64.0 Å². The second kappa shape index (κ2) is 22.5. The van der Waals surface area contributed by atoms with E-state index in [1.54, 1.807) is 53.1 Å². The van der Waals surface area contributed by atoms with Crippen LogP contribution in [-0.2, 0) is 32.1 Å². The predicted octanol–water partition coefficient (Wildman–Crippen LogP) is 9.66. The summed E-state index contributed by atoms with van der Waals surface area (Å²) in [6.07, 6.45) is -4.92. The SMILES string of the molecule is CCOC(=O)[C@H]1Cc2cc(ccc2OCc2ccnc(OCCC(F)(F)F)n2)OCC(=O)N(CCN2CCN(C(=O)OC(C)(C)C)CC2)c2ccc(c(C)c2Cl)-c2c(-c3ccc(F)cc3)sc3ncnc(c23)O1. The number of carbonyl (C=O) groups excluding carboxylic acids is 3. The van der Waals surface area contributed by atoms with Crippen LogP contribution in [0.25, 0.3) is 31.8 Å². The van der Waals surface area contributed by atoms with Gasteiger partial charge in [0, 0.05) is 67.9 Å². The van der Waals surface area contributed by atoms with Crippen molar-refractivity contribution in [2.45, 2.75) is 71.9 Å². The molecule has 73 heavy (non-hydrogen) atoms. The number of halogens is 5. The predicted molar refractivity (Wildman–Crippen MR) is 264 cm³/mol. The van der Waals surface area contributed by atoms with Crippen LogP contribution >= 0.6 is 22.9 Å². The molecule has 3 aliphatic rings. The maximum Gasteiger partial charge on any atom is 0.410 e. The first-order chi connectivity index (χ1) is 34.8. The van der Waals surface area contributed by atoms with Crippen molar-refractivity contribution < 1.29 is 60.4 Å². The molecule has 0 saturated carbocycles. The number of hydrogen-bond acceptors (Lipinski definition) is 15. The van der Waals surface area contributed by atoms with Gasteiger partial charge in [0.05, 0.1) is 34.8 Å². The number of esters is 1. The molecule has 3 aliphatic heterocycles. The van der Waals surface area contributed by atoms with Crippen molar-refractivity contribution in [3.8, 4) is 45.0 Å². The van der Waals surface area contributed by atoms with E-state index in [0.29, 0.717) is 81.3 Å². The average molecular weight is 1050 g/mol. The fourth-order valence-electron chi connectivity index (χ4n) is 8.16. The standard InChI is InChI=1S/C51H52ClF4N7O9S/c1-6-67-47(65)39-26-32-25-35(11-14-38(32)70-27-34-15-17-57-48(60-34)68-24-16-51(54,55)56)69-28-40(64)63(23-20-61-18-21-62(22-19-61)49(66)72-50(3,4)5)37-13-12-36(30(2)43(37)52)41-42-45(71-39)58-29-59-46(42)73-44(41)31-7-9-33(53)10-8-31/h7-15,17,25,29,39H,6,16,18-24,26-28H2,1-5H3/t39-/m1/s1. The smallest absolute Gasteiger partial charge is 0.410 e. The maximum absolute atomic E-state index is 14.6. The highest BCUT2D eigenvalue weighted by Gasteiger charge is 2.32. The van der Waals surface area contributed by atoms with Gasteiger partial charge in [-0.1, -0.05) is 29.8 Å². The van der Waals surface area contributed by atoms with Crippen molar-refractivity contribution >= 4 is 56.8 Å². The first-order valence-electron chi connectivity index (χ1n) is 23.4. The number of alkyl halides is 3. The molecule has 22 heteroatoms. The molecule has 386 valence electrons. The molecule has 1 saturated heterocycles. The zero-order chi connectivity index (χ0) is 52.0. The van der Waals surface area contributed by atoms with Crippen molar-refractivity contribution in [1.82, 2.24) is 29.7 Å². The summed E-state index contributed by atoms with van der Waals surface area (Å²) in [5, 5.41) is 0.701. The molecule has 0 aliphatic carbocycles. The van der Waals surface area contributed by atoms with E-state index in [1.807, 2.05) is 33.8 Å². The minimum absolute atomic E-state index is 0.00876. The molecule has 3 aromatic carbocycles. The lowest BCUT2D eigenvalue weighted by Gasteiger charge is -2.36. The van der Waals surface area contributed by atoms with Crippen LogP contribution in [0.3, 0.4) is 0 Å². The lowest BCUT2D eigenvalue weighted by atomic mass is 9.95. The minimum atomic E-state index is -4.43. The number of nitrogens with zero attached hydrogens (tertiary/aromatic N) is 7. The second-order valence-corrected chi connectivity index (χ2v) is 19.4. The molecule has 9 rings (SSSR count). The summed E-state index contributed by atoms with van der Waals surface area (Å²) >= 11 is 8.67. The number of piperazine rings is 1. The Balaban J connectivity index is 1.19. The molecule has 6 heterocycles. The Morgan fingerprint density at radius 3 is 2.44 bits per heavy atom. The Hall–Kier alpha value is -6.84. The fourth-order valence-corrected chi connectivity index (χ4v) is 9.58. The minimum Gasteiger partial charge on any atom is -0.487 e. The number of carbonyl (C=O) groups is 3. The quantitative estimate of drug-likeness (QED) is 0.0839. The number of benzene rings is 3. The Morgan fingerprint density at radius 2 is 1.71 bits per heavy atom. The third-order valence-electron chi connectivity index (χ3n) is 11.7. The number of hydrogen-bond donors (Lipinski definition) is 0. The summed E-state index contributed by atoms with van der Waals surface area (Å²) in [7, 11) is 0. The van der Waals surface area contributed by atoms with Crippen molar-refractivity contribution in [2.24, 2.45) is 0 Å². The number of rotatable bonds is 12. The molecule has 0 N–H and O–H groups in total. The first kappa shape index (κ1) is 52.5. The monoisotopic (exact) mass is 1050 g/mol. The van der Waals surface area contributed by atoms with Crippen molar-refractivity contribution in [3.05, 3.63) is 101 Å². The molecule has 2 amide bonds. The van der Waals surface area contributed by atoms with Gasteiger partial charge in [0.15, 0.2) is 6.61 Å². The fraction of sp³-hybridized carbons (Fsp3) is 0.392. The number of ether oxygens (including phenoxy) is 6. The van der Waals surface area contributed by atoms with E-state index in [-0.39, 0.29) is 66.4 Å². The summed E-state index contributed by atoms with van der Waals surface area (Å²) in [6, 6.07) is 15.6. The summed E-state index contributed by atoms with van der Waals surface area (Å²) in [5.41, 5.74) is 2.87. The van der Waals surface area contributed by atoms with Crippen LogP contribution in [-0.4, -0.2) is 125 Å². The van der Waals surface area contributed by atoms with Crippen LogP contribution in [0.4, 0.5) is 28.0 Å². The number of fused-ring (bicyclic) bond motifs is 7. The van der Waals surface area contributed by atoms with Crippen molar-refractivity contribution in [1.29, 1.82) is 0 Å². The lowest BCUT2D eigenvalue weighted by molar-refractivity contribution is -0.151. The van der Waals surface area contributed by atoms with Crippen molar-refractivity contribution in [3.63, 3.8) is 0 Å². The van der Waals surface area contributed by atoms with E-state index in [1.165, 1.54) is 42.1 Å². The molecule has 1 atom stereocenters. The lowest BCUT2D eigenvalue weighted by Crippen LogP contribution is -2.51. The van der Waals surface area contributed by atoms with Gasteiger partial charge < -0.3 is 38.2 Å². The third-order valence-corrected chi connectivity index (χ3v) is 13.4. The molecule has 16 nitrogen and oxygen atoms in total. The van der Waals surface area contributed by atoms with Crippen LogP contribution < -0.4 is 23.8 Å². The first-order valence-corrected chi connectivity index (χ1v) is 24.6. The number of amides is 2. The molecule has 0 spiro atoms. The normalized spacial score (nSPS) is 15.6. The van der Waals surface area contributed by atoms with Gasteiger partial charge in [0.1, 0.15) is 47.3 Å². The van der Waals surface area contributed by atoms with Crippen LogP contribution in [0.5, 0.6) is 23.4 Å². The van der Waals surface area contributed by atoms with Gasteiger partial charge in [-0.25, -0.2) is 28.9 Å². The largest absolute Gasteiger partial charge is 0.487 e. The van der Waals surface area contributed by atoms with Crippen LogP contribution in [0.2, 0.25) is 5.02 Å². The number of thiophene rings is 1. The van der Waals surface area contributed by atoms with Gasteiger partial charge in [-0.2, -0.15) is 18.2 Å². The van der Waals surface area contributed by atoms with E-state index in [4.69, 9.17) is 40.0 Å². The zero-order valence-electron chi connectivity index (χ0n) is 40.6. The molecule has 1 fully saturated rings. The molecule has 3 aromatic heterocycles. The summed E-state index contributed by atoms with van der Waals surface area (Å²) in [5.74, 6) is -1.10. The van der Waals surface area contributed by atoms with Gasteiger partial charge in [-0.05, 0) is 93.8 Å². The second-order valence-electron chi connectivity index (χ2n) is 18.1. The summed E-state index contributed by atoms with van der Waals surface area (Å²) < 4.78 is 88.2. The van der Waals surface area contributed by atoms with E-state index >= 15 is 0 Å². The van der Waals surface area contributed by atoms with E-state index in [9.17, 15) is 31.9 Å². The molecule has 0 radical (unpaired) electrons. The number of aromatic nitrogens is 4. The Kier molecular flexibility index (Phi) is 16.2. The topological polar surface area (TPSA) is 168 Å². The van der Waals surface area contributed by atoms with Gasteiger partial charge in [0.25, 0.3) is 5.91 Å². The molecule has 6 aromatic rings. The van der Waals surface area contributed by atoms with E-state index in [2.05, 4.69) is 24.8 Å². The average Bonchev–Trinajstić information content (AvgIpc) is 3.73. The Labute approximate surface area is 427 Å². The Morgan fingerprint density at radius 1 is 0.945 bits per heavy atom. The van der Waals surface area contributed by atoms with Gasteiger partial charge in [-0.3, -0.25) is 9.69 Å². The molecule has 0 unspecified atom stereocenters. The van der Waals surface area contributed by atoms with Gasteiger partial charge >= 0.3 is 24.2 Å². The highest BCUT2D eigenvalue weighted by Crippen LogP contribution is 2.50. The highest BCUT2D eigenvalue weighted by atomic mass is 35.5. The maximum atomic E-state index is 14.6. The van der Waals surface area contributed by atoms with Crippen LogP contribution in [0.1, 0.15) is 50.9 Å². The number of anilines is 1. The van der Waals surface area contributed by atoms with Gasteiger partial charge in [0.2, 0.25) is 12.0 Å². The third kappa shape index (κ3) is 13.0. The highest BCUT2D eigenvalue weighted by molar-refractivity contribution is 7.22. The van der Waals surface area contributed by atoms with Crippen LogP contribution in [0.15, 0.2) is 73.2 Å². The summed E-state index contributed by atoms with van der Waals surface area (Å²) in [4.78, 5) is 65.3. The van der Waals surface area contributed by atoms with Crippen LogP contribution in [0, 0.1) is 12.7 Å². The molecule has 4 bridgehead atoms. The molecular weight excluding hydrogens is 998 g/mol. The molecular formula is C51H52ClF4N7O9S. The van der Waals surface area contributed by atoms with E-state index in [0.717, 1.165) is 0 Å². The van der Waals surface area contributed by atoms with Gasteiger partial charge in [-0.15, -0.1) is 11.3 Å².